The predicted molar refractivity (Wildman–Crippen MR) is 98.0 cm³/mol. The second-order valence-electron chi connectivity index (χ2n) is 5.94. The lowest BCUT2D eigenvalue weighted by atomic mass is 10.1. The van der Waals surface area contributed by atoms with Crippen molar-refractivity contribution in [3.05, 3.63) is 66.1 Å². The summed E-state index contributed by atoms with van der Waals surface area (Å²) in [5, 5.41) is 7.41. The Bertz CT molecular complexity index is 784. The Balaban J connectivity index is 0.00000182. The molecule has 1 aliphatic rings. The van der Waals surface area contributed by atoms with Crippen molar-refractivity contribution in [3.63, 3.8) is 0 Å². The normalized spacial score (nSPS) is 16.4. The molecule has 0 amide bonds. The van der Waals surface area contributed by atoms with Crippen LogP contribution in [-0.2, 0) is 6.61 Å². The van der Waals surface area contributed by atoms with Gasteiger partial charge >= 0.3 is 0 Å². The van der Waals surface area contributed by atoms with Crippen LogP contribution in [0.1, 0.15) is 23.8 Å². The molecule has 2 aromatic carbocycles. The molecule has 1 aliphatic heterocycles. The second-order valence-corrected chi connectivity index (χ2v) is 5.94. The van der Waals surface area contributed by atoms with Crippen LogP contribution < -0.4 is 10.1 Å². The van der Waals surface area contributed by atoms with E-state index in [1.807, 2.05) is 54.6 Å². The third-order valence-electron chi connectivity index (χ3n) is 4.21. The van der Waals surface area contributed by atoms with E-state index in [1.54, 1.807) is 0 Å². The summed E-state index contributed by atoms with van der Waals surface area (Å²) in [5.74, 6) is 2.51. The van der Waals surface area contributed by atoms with E-state index < -0.39 is 0 Å². The number of aromatic nitrogens is 2. The van der Waals surface area contributed by atoms with Crippen molar-refractivity contribution in [3.8, 4) is 17.1 Å². The highest BCUT2D eigenvalue weighted by Gasteiger charge is 2.22. The maximum atomic E-state index is 5.80. The van der Waals surface area contributed by atoms with Crippen molar-refractivity contribution >= 4 is 12.4 Å². The zero-order valence-electron chi connectivity index (χ0n) is 13.7. The average Bonchev–Trinajstić information content (AvgIpc) is 3.33. The molecule has 3 aromatic rings. The molecule has 0 spiro atoms. The van der Waals surface area contributed by atoms with E-state index in [0.29, 0.717) is 18.3 Å². The third kappa shape index (κ3) is 4.18. The van der Waals surface area contributed by atoms with Crippen molar-refractivity contribution in [1.29, 1.82) is 0 Å². The molecular weight excluding hydrogens is 338 g/mol. The number of ether oxygens (including phenoxy) is 1. The van der Waals surface area contributed by atoms with Gasteiger partial charge in [-0.15, -0.1) is 12.4 Å². The van der Waals surface area contributed by atoms with Crippen molar-refractivity contribution in [2.45, 2.75) is 18.9 Å². The number of rotatable bonds is 5. The number of nitrogens with one attached hydrogen (secondary N) is 1. The van der Waals surface area contributed by atoms with Crippen LogP contribution in [0.5, 0.6) is 5.75 Å². The Morgan fingerprint density at radius 1 is 1.08 bits per heavy atom. The van der Waals surface area contributed by atoms with E-state index in [0.717, 1.165) is 42.3 Å². The molecule has 2 heterocycles. The summed E-state index contributed by atoms with van der Waals surface area (Å²) >= 11 is 0. The zero-order chi connectivity index (χ0) is 16.2. The fraction of sp³-hybridized carbons (Fsp3) is 0.263. The highest BCUT2D eigenvalue weighted by atomic mass is 35.5. The fourth-order valence-corrected chi connectivity index (χ4v) is 2.82. The van der Waals surface area contributed by atoms with E-state index in [9.17, 15) is 0 Å². The number of benzene rings is 2. The van der Waals surface area contributed by atoms with Crippen molar-refractivity contribution in [1.82, 2.24) is 15.5 Å². The van der Waals surface area contributed by atoms with E-state index in [2.05, 4.69) is 15.5 Å². The van der Waals surface area contributed by atoms with Crippen LogP contribution in [0.4, 0.5) is 0 Å². The third-order valence-corrected chi connectivity index (χ3v) is 4.21. The quantitative estimate of drug-likeness (QED) is 0.752. The number of halogens is 1. The van der Waals surface area contributed by atoms with Crippen LogP contribution in [0.2, 0.25) is 0 Å². The first kappa shape index (κ1) is 17.5. The highest BCUT2D eigenvalue weighted by Crippen LogP contribution is 2.25. The molecule has 130 valence electrons. The summed E-state index contributed by atoms with van der Waals surface area (Å²) in [5.41, 5.74) is 2.08. The lowest BCUT2D eigenvalue weighted by molar-refractivity contribution is 0.306. The first-order valence-corrected chi connectivity index (χ1v) is 8.20. The Morgan fingerprint density at radius 3 is 2.60 bits per heavy atom. The SMILES string of the molecule is Cl.c1ccc(COc2ccc(-c3noc([C@@H]4CCNC4)n3)cc2)cc1. The molecule has 6 heteroatoms. The topological polar surface area (TPSA) is 60.2 Å². The number of hydrogen-bond donors (Lipinski definition) is 1. The maximum Gasteiger partial charge on any atom is 0.231 e. The Kier molecular flexibility index (Phi) is 5.68. The minimum Gasteiger partial charge on any atom is -0.489 e. The molecule has 1 aromatic heterocycles. The summed E-state index contributed by atoms with van der Waals surface area (Å²) in [6.45, 7) is 2.48. The smallest absolute Gasteiger partial charge is 0.231 e. The van der Waals surface area contributed by atoms with Crippen LogP contribution >= 0.6 is 12.4 Å². The Morgan fingerprint density at radius 2 is 1.88 bits per heavy atom. The maximum absolute atomic E-state index is 5.80. The Hall–Kier alpha value is -2.37. The standard InChI is InChI=1S/C19H19N3O2.ClH/c1-2-4-14(5-3-1)13-23-17-8-6-15(7-9-17)18-21-19(24-22-18)16-10-11-20-12-16;/h1-9,16,20H,10-13H2;1H/t16-;/m1./s1. The molecule has 1 atom stereocenters. The van der Waals surface area contributed by atoms with Crippen LogP contribution in [0.3, 0.4) is 0 Å². The zero-order valence-corrected chi connectivity index (χ0v) is 14.5. The molecule has 5 nitrogen and oxygen atoms in total. The summed E-state index contributed by atoms with van der Waals surface area (Å²) in [4.78, 5) is 4.53. The van der Waals surface area contributed by atoms with E-state index in [-0.39, 0.29) is 12.4 Å². The van der Waals surface area contributed by atoms with Crippen LogP contribution in [-0.4, -0.2) is 23.2 Å². The molecule has 0 saturated carbocycles. The summed E-state index contributed by atoms with van der Waals surface area (Å²) in [7, 11) is 0. The van der Waals surface area contributed by atoms with Gasteiger partial charge in [-0.05, 0) is 42.8 Å². The van der Waals surface area contributed by atoms with Crippen molar-refractivity contribution in [2.75, 3.05) is 13.1 Å². The summed E-state index contributed by atoms with van der Waals surface area (Å²) < 4.78 is 11.2. The monoisotopic (exact) mass is 357 g/mol. The van der Waals surface area contributed by atoms with Gasteiger partial charge in [0.15, 0.2) is 0 Å². The molecular formula is C19H20ClN3O2. The van der Waals surface area contributed by atoms with Gasteiger partial charge < -0.3 is 14.6 Å². The summed E-state index contributed by atoms with van der Waals surface area (Å²) in [6.07, 6.45) is 1.05. The first-order chi connectivity index (χ1) is 11.9. The first-order valence-electron chi connectivity index (χ1n) is 8.20. The van der Waals surface area contributed by atoms with Gasteiger partial charge in [0.05, 0.1) is 5.92 Å². The predicted octanol–water partition coefficient (Wildman–Crippen LogP) is 3.81. The van der Waals surface area contributed by atoms with Gasteiger partial charge in [-0.1, -0.05) is 35.5 Å². The minimum absolute atomic E-state index is 0. The van der Waals surface area contributed by atoms with Gasteiger partial charge in [0.2, 0.25) is 11.7 Å². The van der Waals surface area contributed by atoms with Gasteiger partial charge in [-0.25, -0.2) is 0 Å². The Labute approximate surface area is 152 Å². The van der Waals surface area contributed by atoms with E-state index in [1.165, 1.54) is 0 Å². The van der Waals surface area contributed by atoms with Gasteiger partial charge in [0, 0.05) is 12.1 Å². The molecule has 1 fully saturated rings. The molecule has 0 radical (unpaired) electrons. The van der Waals surface area contributed by atoms with E-state index in [4.69, 9.17) is 9.26 Å². The van der Waals surface area contributed by atoms with Crippen LogP contribution in [0, 0.1) is 0 Å². The van der Waals surface area contributed by atoms with Gasteiger partial charge in [-0.3, -0.25) is 0 Å². The lowest BCUT2D eigenvalue weighted by Gasteiger charge is -2.06. The van der Waals surface area contributed by atoms with Crippen LogP contribution in [0.25, 0.3) is 11.4 Å². The number of hydrogen-bond acceptors (Lipinski definition) is 5. The molecule has 0 aliphatic carbocycles. The molecule has 1 N–H and O–H groups in total. The fourth-order valence-electron chi connectivity index (χ4n) is 2.82. The largest absolute Gasteiger partial charge is 0.489 e. The minimum atomic E-state index is 0. The van der Waals surface area contributed by atoms with Crippen molar-refractivity contribution < 1.29 is 9.26 Å². The second kappa shape index (κ2) is 8.14. The molecule has 1 saturated heterocycles. The summed E-state index contributed by atoms with van der Waals surface area (Å²) in [6, 6.07) is 17.9. The van der Waals surface area contributed by atoms with Gasteiger partial charge in [0.1, 0.15) is 12.4 Å². The van der Waals surface area contributed by atoms with Gasteiger partial charge in [0.25, 0.3) is 0 Å². The molecule has 4 rings (SSSR count). The van der Waals surface area contributed by atoms with E-state index >= 15 is 0 Å². The van der Waals surface area contributed by atoms with Crippen molar-refractivity contribution in [2.24, 2.45) is 0 Å². The molecule has 0 unspecified atom stereocenters. The average molecular weight is 358 g/mol. The molecule has 0 bridgehead atoms. The molecule has 25 heavy (non-hydrogen) atoms. The van der Waals surface area contributed by atoms with Gasteiger partial charge in [-0.2, -0.15) is 4.98 Å². The highest BCUT2D eigenvalue weighted by molar-refractivity contribution is 5.85. The lowest BCUT2D eigenvalue weighted by Crippen LogP contribution is -2.08. The van der Waals surface area contributed by atoms with Crippen LogP contribution in [0.15, 0.2) is 59.1 Å². The number of nitrogens with zero attached hydrogens (tertiary/aromatic N) is 2.